The molecule has 1 saturated carbocycles. The van der Waals surface area contributed by atoms with E-state index in [9.17, 15) is 13.2 Å². The molecule has 0 aliphatic heterocycles. The molecule has 1 unspecified atom stereocenters. The van der Waals surface area contributed by atoms with E-state index in [1.165, 1.54) is 87.8 Å². The van der Waals surface area contributed by atoms with Crippen molar-refractivity contribution in [1.82, 2.24) is 0 Å². The van der Waals surface area contributed by atoms with E-state index < -0.39 is 17.5 Å². The Kier molecular flexibility index (Phi) is 7.80. The quantitative estimate of drug-likeness (QED) is 0.389. The van der Waals surface area contributed by atoms with Crippen molar-refractivity contribution in [2.75, 3.05) is 0 Å². The molecule has 0 aromatic heterocycles. The third-order valence-electron chi connectivity index (χ3n) is 6.70. The van der Waals surface area contributed by atoms with Crippen LogP contribution in [0.5, 0.6) is 0 Å². The fraction of sp³-hybridized carbons (Fsp3) is 0.538. The summed E-state index contributed by atoms with van der Waals surface area (Å²) in [7, 11) is 0. The molecule has 1 aliphatic carbocycles. The smallest absolute Gasteiger partial charge is 0.134 e. The Morgan fingerprint density at radius 3 is 2.10 bits per heavy atom. The van der Waals surface area contributed by atoms with E-state index in [1.54, 1.807) is 0 Å². The third kappa shape index (κ3) is 5.87. The lowest BCUT2D eigenvalue weighted by atomic mass is 9.73. The number of hydrogen-bond donors (Lipinski definition) is 0. The van der Waals surface area contributed by atoms with Gasteiger partial charge in [0.1, 0.15) is 17.5 Å². The van der Waals surface area contributed by atoms with E-state index in [0.717, 1.165) is 5.92 Å². The van der Waals surface area contributed by atoms with Gasteiger partial charge in [-0.05, 0) is 72.4 Å². The standard InChI is InChI=1S/C26H33F3/c1-3-4-5-6-19-7-9-21(10-8-19)18(2)15-20-16-24(28)26(25(29)17-20)22-11-13-23(27)14-12-22/h11-14,16-19,21H,3-10,15H2,1-2H3. The molecule has 0 bridgehead atoms. The number of halogens is 3. The summed E-state index contributed by atoms with van der Waals surface area (Å²) in [5.74, 6) is 0.370. The molecule has 0 nitrogen and oxygen atoms in total. The van der Waals surface area contributed by atoms with Crippen molar-refractivity contribution < 1.29 is 13.2 Å². The minimum Gasteiger partial charge on any atom is -0.207 e. The number of hydrogen-bond acceptors (Lipinski definition) is 0. The van der Waals surface area contributed by atoms with Crippen molar-refractivity contribution in [2.24, 2.45) is 17.8 Å². The van der Waals surface area contributed by atoms with Crippen LogP contribution in [0.25, 0.3) is 11.1 Å². The Balaban J connectivity index is 1.60. The van der Waals surface area contributed by atoms with Crippen molar-refractivity contribution in [2.45, 2.75) is 71.6 Å². The molecule has 0 amide bonds. The first-order valence-corrected chi connectivity index (χ1v) is 11.2. The van der Waals surface area contributed by atoms with E-state index in [2.05, 4.69) is 13.8 Å². The Morgan fingerprint density at radius 1 is 0.897 bits per heavy atom. The topological polar surface area (TPSA) is 0 Å². The number of rotatable bonds is 8. The lowest BCUT2D eigenvalue weighted by Crippen LogP contribution is -2.21. The molecule has 2 aromatic carbocycles. The molecule has 158 valence electrons. The average molecular weight is 403 g/mol. The fourth-order valence-electron chi connectivity index (χ4n) is 4.90. The SMILES string of the molecule is CCCCCC1CCC(C(C)Cc2cc(F)c(-c3ccc(F)cc3)c(F)c2)CC1. The first-order valence-electron chi connectivity index (χ1n) is 11.2. The Labute approximate surface area is 173 Å². The van der Waals surface area contributed by atoms with Crippen LogP contribution in [0, 0.1) is 35.2 Å². The summed E-state index contributed by atoms with van der Waals surface area (Å²) in [6.07, 6.45) is 11.1. The molecular weight excluding hydrogens is 369 g/mol. The second kappa shape index (κ2) is 10.3. The summed E-state index contributed by atoms with van der Waals surface area (Å²) in [6, 6.07) is 8.19. The zero-order chi connectivity index (χ0) is 20.8. The van der Waals surface area contributed by atoms with Crippen molar-refractivity contribution in [1.29, 1.82) is 0 Å². The predicted molar refractivity (Wildman–Crippen MR) is 114 cm³/mol. The molecule has 2 aromatic rings. The number of benzene rings is 2. The minimum absolute atomic E-state index is 0.0750. The monoisotopic (exact) mass is 402 g/mol. The summed E-state index contributed by atoms with van der Waals surface area (Å²) in [5.41, 5.74) is 1.000. The fourth-order valence-corrected chi connectivity index (χ4v) is 4.90. The molecule has 0 spiro atoms. The molecule has 0 saturated heterocycles. The molecule has 3 heteroatoms. The van der Waals surface area contributed by atoms with Gasteiger partial charge in [-0.1, -0.05) is 64.5 Å². The molecule has 0 radical (unpaired) electrons. The normalized spacial score (nSPS) is 20.6. The third-order valence-corrected chi connectivity index (χ3v) is 6.70. The maximum atomic E-state index is 14.7. The summed E-state index contributed by atoms with van der Waals surface area (Å²) in [5, 5.41) is 0. The summed E-state index contributed by atoms with van der Waals surface area (Å²) in [6.45, 7) is 4.46. The highest BCUT2D eigenvalue weighted by Gasteiger charge is 2.25. The maximum Gasteiger partial charge on any atom is 0.134 e. The van der Waals surface area contributed by atoms with Gasteiger partial charge in [-0.25, -0.2) is 13.2 Å². The molecule has 3 rings (SSSR count). The van der Waals surface area contributed by atoms with Gasteiger partial charge in [-0.2, -0.15) is 0 Å². The van der Waals surface area contributed by atoms with Crippen molar-refractivity contribution in [3.8, 4) is 11.1 Å². The molecule has 0 N–H and O–H groups in total. The Bertz CT molecular complexity index is 750. The minimum atomic E-state index is -0.571. The first kappa shape index (κ1) is 21.9. The highest BCUT2D eigenvalue weighted by molar-refractivity contribution is 5.65. The van der Waals surface area contributed by atoms with E-state index in [-0.39, 0.29) is 5.56 Å². The molecule has 1 atom stereocenters. The summed E-state index contributed by atoms with van der Waals surface area (Å²) >= 11 is 0. The van der Waals surface area contributed by atoms with Gasteiger partial charge in [0.25, 0.3) is 0 Å². The van der Waals surface area contributed by atoms with Crippen LogP contribution in [0.2, 0.25) is 0 Å². The average Bonchev–Trinajstić information content (AvgIpc) is 2.69. The van der Waals surface area contributed by atoms with Crippen LogP contribution in [-0.4, -0.2) is 0 Å². The van der Waals surface area contributed by atoms with E-state index in [4.69, 9.17) is 0 Å². The Hall–Kier alpha value is -1.77. The van der Waals surface area contributed by atoms with Crippen molar-refractivity contribution >= 4 is 0 Å². The van der Waals surface area contributed by atoms with Crippen molar-refractivity contribution in [3.63, 3.8) is 0 Å². The maximum absolute atomic E-state index is 14.7. The first-order chi connectivity index (χ1) is 14.0. The zero-order valence-electron chi connectivity index (χ0n) is 17.7. The van der Waals surface area contributed by atoms with Gasteiger partial charge >= 0.3 is 0 Å². The van der Waals surface area contributed by atoms with E-state index in [0.29, 0.717) is 29.4 Å². The molecule has 29 heavy (non-hydrogen) atoms. The Morgan fingerprint density at radius 2 is 1.52 bits per heavy atom. The molecule has 1 fully saturated rings. The lowest BCUT2D eigenvalue weighted by Gasteiger charge is -2.32. The van der Waals surface area contributed by atoms with Crippen LogP contribution in [0.3, 0.4) is 0 Å². The van der Waals surface area contributed by atoms with Crippen molar-refractivity contribution in [3.05, 3.63) is 59.4 Å². The van der Waals surface area contributed by atoms with Crippen LogP contribution in [-0.2, 0) is 6.42 Å². The lowest BCUT2D eigenvalue weighted by molar-refractivity contribution is 0.204. The largest absolute Gasteiger partial charge is 0.207 e. The van der Waals surface area contributed by atoms with Gasteiger partial charge in [-0.15, -0.1) is 0 Å². The molecule has 1 aliphatic rings. The highest BCUT2D eigenvalue weighted by Crippen LogP contribution is 2.37. The van der Waals surface area contributed by atoms with Crippen LogP contribution in [0.1, 0.15) is 70.8 Å². The molecule has 0 heterocycles. The van der Waals surface area contributed by atoms with Gasteiger partial charge in [-0.3, -0.25) is 0 Å². The van der Waals surface area contributed by atoms with Crippen LogP contribution >= 0.6 is 0 Å². The van der Waals surface area contributed by atoms with Gasteiger partial charge in [0.15, 0.2) is 0 Å². The van der Waals surface area contributed by atoms with Gasteiger partial charge in [0.2, 0.25) is 0 Å². The van der Waals surface area contributed by atoms with E-state index >= 15 is 0 Å². The van der Waals surface area contributed by atoms with E-state index in [1.807, 2.05) is 0 Å². The highest BCUT2D eigenvalue weighted by atomic mass is 19.1. The molecular formula is C26H33F3. The second-order valence-corrected chi connectivity index (χ2v) is 8.90. The number of unbranched alkanes of at least 4 members (excludes halogenated alkanes) is 2. The van der Waals surface area contributed by atoms with Crippen LogP contribution in [0.15, 0.2) is 36.4 Å². The van der Waals surface area contributed by atoms with Crippen LogP contribution < -0.4 is 0 Å². The zero-order valence-corrected chi connectivity index (χ0v) is 17.7. The van der Waals surface area contributed by atoms with Gasteiger partial charge < -0.3 is 0 Å². The van der Waals surface area contributed by atoms with Gasteiger partial charge in [0.05, 0.1) is 5.56 Å². The van der Waals surface area contributed by atoms with Gasteiger partial charge in [0, 0.05) is 0 Å². The van der Waals surface area contributed by atoms with Crippen LogP contribution in [0.4, 0.5) is 13.2 Å². The predicted octanol–water partition coefficient (Wildman–Crippen LogP) is 8.34. The summed E-state index contributed by atoms with van der Waals surface area (Å²) < 4.78 is 42.4. The second-order valence-electron chi connectivity index (χ2n) is 8.90. The summed E-state index contributed by atoms with van der Waals surface area (Å²) in [4.78, 5) is 0.